The summed E-state index contributed by atoms with van der Waals surface area (Å²) >= 11 is 3.45. The normalized spacial score (nSPS) is 14.2. The van der Waals surface area contributed by atoms with E-state index in [-0.39, 0.29) is 0 Å². The topological polar surface area (TPSA) is 69.7 Å². The zero-order valence-electron chi connectivity index (χ0n) is 11.8. The summed E-state index contributed by atoms with van der Waals surface area (Å²) in [5.41, 5.74) is 3.80. The average molecular weight is 347 g/mol. The molecule has 7 heteroatoms. The molecule has 2 N–H and O–H groups in total. The van der Waals surface area contributed by atoms with Gasteiger partial charge in [-0.15, -0.1) is 0 Å². The molecule has 1 aliphatic heterocycles. The van der Waals surface area contributed by atoms with Crippen LogP contribution < -0.4 is 10.2 Å². The molecule has 2 aromatic heterocycles. The lowest BCUT2D eigenvalue weighted by molar-refractivity contribution is 0.958. The maximum absolute atomic E-state index is 4.34. The Morgan fingerprint density at radius 1 is 1.24 bits per heavy atom. The van der Waals surface area contributed by atoms with Crippen molar-refractivity contribution in [3.05, 3.63) is 40.9 Å². The zero-order valence-corrected chi connectivity index (χ0v) is 13.3. The SMILES string of the molecule is CN(C)c1ncc(-c2cc(C3=CCNC(Br)=C3)[nH]n2)cn1. The third-order valence-corrected chi connectivity index (χ3v) is 3.61. The summed E-state index contributed by atoms with van der Waals surface area (Å²) in [6.45, 7) is 0.793. The van der Waals surface area contributed by atoms with E-state index in [1.54, 1.807) is 12.4 Å². The van der Waals surface area contributed by atoms with Gasteiger partial charge in [0.05, 0.1) is 16.0 Å². The van der Waals surface area contributed by atoms with E-state index < -0.39 is 0 Å². The molecule has 0 bridgehead atoms. The Bertz CT molecular complexity index is 699. The van der Waals surface area contributed by atoms with Crippen LogP contribution in [0.4, 0.5) is 5.95 Å². The molecule has 0 saturated carbocycles. The van der Waals surface area contributed by atoms with E-state index in [9.17, 15) is 0 Å². The molecule has 0 atom stereocenters. The minimum Gasteiger partial charge on any atom is -0.376 e. The van der Waals surface area contributed by atoms with Crippen LogP contribution in [0.3, 0.4) is 0 Å². The van der Waals surface area contributed by atoms with E-state index >= 15 is 0 Å². The second kappa shape index (κ2) is 5.69. The maximum atomic E-state index is 4.34. The molecule has 6 nitrogen and oxygen atoms in total. The van der Waals surface area contributed by atoms with Crippen molar-refractivity contribution in [2.75, 3.05) is 25.5 Å². The van der Waals surface area contributed by atoms with Gasteiger partial charge < -0.3 is 10.2 Å². The highest BCUT2D eigenvalue weighted by Gasteiger charge is 2.10. The molecule has 2 aromatic rings. The molecule has 0 unspecified atom stereocenters. The Kier molecular flexibility index (Phi) is 3.74. The minimum absolute atomic E-state index is 0.683. The van der Waals surface area contributed by atoms with Crippen molar-refractivity contribution in [3.63, 3.8) is 0 Å². The Balaban J connectivity index is 1.86. The van der Waals surface area contributed by atoms with Gasteiger partial charge >= 0.3 is 0 Å². The number of nitrogens with zero attached hydrogens (tertiary/aromatic N) is 4. The highest BCUT2D eigenvalue weighted by Crippen LogP contribution is 2.24. The van der Waals surface area contributed by atoms with Crippen LogP contribution in [0.5, 0.6) is 0 Å². The molecule has 0 aromatic carbocycles. The molecule has 0 saturated heterocycles. The third kappa shape index (κ3) is 2.97. The number of rotatable bonds is 3. The number of hydrogen-bond acceptors (Lipinski definition) is 5. The molecule has 21 heavy (non-hydrogen) atoms. The van der Waals surface area contributed by atoms with Crippen LogP contribution in [-0.2, 0) is 0 Å². The quantitative estimate of drug-likeness (QED) is 0.833. The highest BCUT2D eigenvalue weighted by atomic mass is 79.9. The first kappa shape index (κ1) is 13.8. The molecule has 0 radical (unpaired) electrons. The van der Waals surface area contributed by atoms with Gasteiger partial charge in [-0.05, 0) is 33.6 Å². The molecule has 1 aliphatic rings. The predicted octanol–water partition coefficient (Wildman–Crippen LogP) is 2.16. The van der Waals surface area contributed by atoms with E-state index in [1.807, 2.05) is 31.1 Å². The maximum Gasteiger partial charge on any atom is 0.224 e. The summed E-state index contributed by atoms with van der Waals surface area (Å²) in [5.74, 6) is 0.683. The van der Waals surface area contributed by atoms with Gasteiger partial charge in [0.15, 0.2) is 0 Å². The lowest BCUT2D eigenvalue weighted by Crippen LogP contribution is -2.12. The number of nitrogens with one attached hydrogen (secondary N) is 2. The number of H-pyrrole nitrogens is 1. The van der Waals surface area contributed by atoms with Crippen LogP contribution in [0, 0.1) is 0 Å². The van der Waals surface area contributed by atoms with Gasteiger partial charge in [-0.25, -0.2) is 9.97 Å². The standard InChI is InChI=1S/C14H15BrN6/c1-21(2)14-17-7-10(8-18-14)12-6-11(19-20-12)9-3-4-16-13(15)5-9/h3,5-8,16H,4H2,1-2H3,(H,19,20). The van der Waals surface area contributed by atoms with E-state index in [0.29, 0.717) is 5.95 Å². The Morgan fingerprint density at radius 3 is 2.67 bits per heavy atom. The van der Waals surface area contributed by atoms with Crippen molar-refractivity contribution in [1.82, 2.24) is 25.5 Å². The lowest BCUT2D eigenvalue weighted by Gasteiger charge is -2.10. The van der Waals surface area contributed by atoms with Gasteiger partial charge in [0.2, 0.25) is 5.95 Å². The second-order valence-electron chi connectivity index (χ2n) is 4.87. The number of aromatic nitrogens is 4. The Hall–Kier alpha value is -2.15. The summed E-state index contributed by atoms with van der Waals surface area (Å²) < 4.78 is 0.967. The lowest BCUT2D eigenvalue weighted by atomic mass is 10.1. The van der Waals surface area contributed by atoms with Gasteiger partial charge in [0, 0.05) is 38.6 Å². The van der Waals surface area contributed by atoms with Crippen LogP contribution in [0.2, 0.25) is 0 Å². The predicted molar refractivity (Wildman–Crippen MR) is 86.9 cm³/mol. The molecule has 108 valence electrons. The highest BCUT2D eigenvalue weighted by molar-refractivity contribution is 9.11. The fourth-order valence-corrected chi connectivity index (χ4v) is 2.40. The van der Waals surface area contributed by atoms with Crippen LogP contribution in [-0.4, -0.2) is 40.8 Å². The molecular weight excluding hydrogens is 332 g/mol. The van der Waals surface area contributed by atoms with Crippen LogP contribution in [0.1, 0.15) is 5.69 Å². The van der Waals surface area contributed by atoms with E-state index in [0.717, 1.165) is 33.7 Å². The van der Waals surface area contributed by atoms with Crippen LogP contribution in [0.15, 0.2) is 35.2 Å². The second-order valence-corrected chi connectivity index (χ2v) is 5.72. The van der Waals surface area contributed by atoms with Crippen LogP contribution >= 0.6 is 15.9 Å². The van der Waals surface area contributed by atoms with Gasteiger partial charge in [0.25, 0.3) is 0 Å². The fraction of sp³-hybridized carbons (Fsp3) is 0.214. The number of hydrogen-bond donors (Lipinski definition) is 2. The average Bonchev–Trinajstić information content (AvgIpc) is 2.97. The van der Waals surface area contributed by atoms with E-state index in [1.165, 1.54) is 0 Å². The molecular formula is C14H15BrN6. The third-order valence-electron chi connectivity index (χ3n) is 3.10. The van der Waals surface area contributed by atoms with Crippen molar-refractivity contribution >= 4 is 27.5 Å². The first-order valence-corrected chi connectivity index (χ1v) is 7.29. The minimum atomic E-state index is 0.683. The Labute approximate surface area is 131 Å². The number of dihydropyridines is 1. The summed E-state index contributed by atoms with van der Waals surface area (Å²) in [7, 11) is 3.82. The monoisotopic (exact) mass is 346 g/mol. The largest absolute Gasteiger partial charge is 0.376 e. The van der Waals surface area contributed by atoms with Crippen molar-refractivity contribution in [3.8, 4) is 11.3 Å². The van der Waals surface area contributed by atoms with Gasteiger partial charge in [-0.2, -0.15) is 5.10 Å². The summed E-state index contributed by atoms with van der Waals surface area (Å²) in [6.07, 6.45) is 7.69. The first-order chi connectivity index (χ1) is 10.1. The van der Waals surface area contributed by atoms with E-state index in [2.05, 4.69) is 47.5 Å². The molecule has 0 fully saturated rings. The van der Waals surface area contributed by atoms with Gasteiger partial charge in [-0.3, -0.25) is 5.10 Å². The number of halogens is 1. The number of allylic oxidation sites excluding steroid dienone is 2. The summed E-state index contributed by atoms with van der Waals surface area (Å²) in [4.78, 5) is 10.5. The number of aromatic amines is 1. The van der Waals surface area contributed by atoms with Gasteiger partial charge in [0.1, 0.15) is 0 Å². The Morgan fingerprint density at radius 2 is 2.00 bits per heavy atom. The first-order valence-electron chi connectivity index (χ1n) is 6.50. The molecule has 3 rings (SSSR count). The summed E-state index contributed by atoms with van der Waals surface area (Å²) in [5, 5.41) is 10.6. The number of anilines is 1. The fourth-order valence-electron chi connectivity index (χ4n) is 1.99. The molecule has 0 amide bonds. The van der Waals surface area contributed by atoms with Crippen molar-refractivity contribution in [2.45, 2.75) is 0 Å². The smallest absolute Gasteiger partial charge is 0.224 e. The molecule has 0 aliphatic carbocycles. The van der Waals surface area contributed by atoms with E-state index in [4.69, 9.17) is 0 Å². The zero-order chi connectivity index (χ0) is 14.8. The van der Waals surface area contributed by atoms with Crippen molar-refractivity contribution in [2.24, 2.45) is 0 Å². The van der Waals surface area contributed by atoms with Crippen molar-refractivity contribution < 1.29 is 0 Å². The molecule has 0 spiro atoms. The van der Waals surface area contributed by atoms with Gasteiger partial charge in [-0.1, -0.05) is 6.08 Å². The van der Waals surface area contributed by atoms with Crippen molar-refractivity contribution in [1.29, 1.82) is 0 Å². The van der Waals surface area contributed by atoms with Crippen LogP contribution in [0.25, 0.3) is 16.8 Å². The molecule has 3 heterocycles. The summed E-state index contributed by atoms with van der Waals surface area (Å²) in [6, 6.07) is 2.00.